The van der Waals surface area contributed by atoms with Crippen molar-refractivity contribution in [2.45, 2.75) is 26.0 Å². The Morgan fingerprint density at radius 2 is 1.56 bits per heavy atom. The van der Waals surface area contributed by atoms with Gasteiger partial charge in [-0.3, -0.25) is 14.5 Å². The summed E-state index contributed by atoms with van der Waals surface area (Å²) >= 11 is 1.41. The molecule has 1 aliphatic heterocycles. The van der Waals surface area contributed by atoms with Crippen molar-refractivity contribution in [2.24, 2.45) is 0 Å². The van der Waals surface area contributed by atoms with Crippen LogP contribution in [-0.2, 0) is 21.8 Å². The normalized spacial score (nSPS) is 13.9. The third-order valence-corrected chi connectivity index (χ3v) is 6.69. The van der Waals surface area contributed by atoms with E-state index in [1.807, 2.05) is 62.4 Å². The standard InChI is InChI=1S/C27H24FNO2S/c1-18-8-13-23(19(2)16-18)24-25(32-17-21-6-4-3-5-7-21)27(31)29(26(24)30)15-14-20-9-11-22(28)12-10-20/h3-13,16H,14-15,17H2,1-2H3. The van der Waals surface area contributed by atoms with Gasteiger partial charge < -0.3 is 0 Å². The SMILES string of the molecule is Cc1ccc(C2=C(SCc3ccccc3)C(=O)N(CCc3ccc(F)cc3)C2=O)c(C)c1. The summed E-state index contributed by atoms with van der Waals surface area (Å²) < 4.78 is 13.2. The van der Waals surface area contributed by atoms with Gasteiger partial charge in [-0.2, -0.15) is 0 Å². The molecule has 0 radical (unpaired) electrons. The Bertz CT molecular complexity index is 1190. The van der Waals surface area contributed by atoms with Crippen LogP contribution in [0.1, 0.15) is 27.8 Å². The maximum Gasteiger partial charge on any atom is 0.268 e. The van der Waals surface area contributed by atoms with Crippen LogP contribution >= 0.6 is 11.8 Å². The molecule has 3 aromatic rings. The molecule has 0 aliphatic carbocycles. The number of aryl methyl sites for hydroxylation is 2. The highest BCUT2D eigenvalue weighted by Crippen LogP contribution is 2.38. The van der Waals surface area contributed by atoms with Gasteiger partial charge >= 0.3 is 0 Å². The molecule has 5 heteroatoms. The van der Waals surface area contributed by atoms with E-state index in [-0.39, 0.29) is 24.2 Å². The molecule has 4 rings (SSSR count). The molecule has 0 spiro atoms. The molecule has 1 heterocycles. The number of carbonyl (C=O) groups excluding carboxylic acids is 2. The average molecular weight is 446 g/mol. The third-order valence-electron chi connectivity index (χ3n) is 5.54. The highest BCUT2D eigenvalue weighted by atomic mass is 32.2. The van der Waals surface area contributed by atoms with E-state index in [4.69, 9.17) is 0 Å². The van der Waals surface area contributed by atoms with Crippen molar-refractivity contribution in [3.05, 3.63) is 111 Å². The Kier molecular flexibility index (Phi) is 6.56. The van der Waals surface area contributed by atoms with Gasteiger partial charge in [0.15, 0.2) is 0 Å². The van der Waals surface area contributed by atoms with Crippen LogP contribution in [0.3, 0.4) is 0 Å². The fraction of sp³-hybridized carbons (Fsp3) is 0.185. The van der Waals surface area contributed by atoms with Crippen molar-refractivity contribution in [3.8, 4) is 0 Å². The van der Waals surface area contributed by atoms with E-state index in [0.29, 0.717) is 22.7 Å². The molecule has 2 amide bonds. The summed E-state index contributed by atoms with van der Waals surface area (Å²) in [5.41, 5.74) is 5.33. The van der Waals surface area contributed by atoms with Crippen molar-refractivity contribution in [2.75, 3.05) is 6.54 Å². The second-order valence-electron chi connectivity index (χ2n) is 7.94. The summed E-state index contributed by atoms with van der Waals surface area (Å²) in [6.45, 7) is 4.23. The van der Waals surface area contributed by atoms with Gasteiger partial charge in [-0.15, -0.1) is 11.8 Å². The minimum atomic E-state index is -0.305. The zero-order valence-corrected chi connectivity index (χ0v) is 18.9. The number of imide groups is 1. The molecule has 0 aromatic heterocycles. The van der Waals surface area contributed by atoms with Crippen LogP contribution in [0.2, 0.25) is 0 Å². The number of nitrogens with zero attached hydrogens (tertiary/aromatic N) is 1. The van der Waals surface area contributed by atoms with E-state index in [2.05, 4.69) is 0 Å². The van der Waals surface area contributed by atoms with Gasteiger partial charge in [0.2, 0.25) is 0 Å². The first-order valence-electron chi connectivity index (χ1n) is 10.5. The van der Waals surface area contributed by atoms with E-state index >= 15 is 0 Å². The number of halogens is 1. The van der Waals surface area contributed by atoms with E-state index in [9.17, 15) is 14.0 Å². The second kappa shape index (κ2) is 9.53. The monoisotopic (exact) mass is 445 g/mol. The Morgan fingerprint density at radius 3 is 2.25 bits per heavy atom. The molecule has 0 saturated heterocycles. The van der Waals surface area contributed by atoms with Gasteiger partial charge in [-0.05, 0) is 54.7 Å². The van der Waals surface area contributed by atoms with Crippen LogP contribution in [0.15, 0.2) is 77.7 Å². The van der Waals surface area contributed by atoms with E-state index in [0.717, 1.165) is 27.8 Å². The predicted molar refractivity (Wildman–Crippen MR) is 127 cm³/mol. The number of amides is 2. The number of hydrogen-bond acceptors (Lipinski definition) is 3. The summed E-state index contributed by atoms with van der Waals surface area (Å²) in [5.74, 6) is -0.219. The molecule has 0 atom stereocenters. The Labute approximate surface area is 192 Å². The van der Waals surface area contributed by atoms with Gasteiger partial charge in [-0.1, -0.05) is 66.2 Å². The van der Waals surface area contributed by atoms with Crippen LogP contribution in [-0.4, -0.2) is 23.3 Å². The summed E-state index contributed by atoms with van der Waals surface area (Å²) in [6.07, 6.45) is 0.481. The topological polar surface area (TPSA) is 37.4 Å². The maximum absolute atomic E-state index is 13.4. The number of benzene rings is 3. The average Bonchev–Trinajstić information content (AvgIpc) is 3.02. The van der Waals surface area contributed by atoms with Crippen molar-refractivity contribution in [1.29, 1.82) is 0 Å². The van der Waals surface area contributed by atoms with Gasteiger partial charge in [0.05, 0.1) is 10.5 Å². The molecule has 3 nitrogen and oxygen atoms in total. The highest BCUT2D eigenvalue weighted by molar-refractivity contribution is 8.03. The molecule has 0 bridgehead atoms. The van der Waals surface area contributed by atoms with Gasteiger partial charge in [0.25, 0.3) is 11.8 Å². The molecule has 162 valence electrons. The Balaban J connectivity index is 1.63. The third kappa shape index (κ3) is 4.68. The zero-order chi connectivity index (χ0) is 22.7. The minimum absolute atomic E-state index is 0.256. The number of hydrogen-bond donors (Lipinski definition) is 0. The van der Waals surface area contributed by atoms with Gasteiger partial charge in [0, 0.05) is 12.3 Å². The molecule has 0 unspecified atom stereocenters. The lowest BCUT2D eigenvalue weighted by Gasteiger charge is -2.15. The molecule has 1 aliphatic rings. The fourth-order valence-electron chi connectivity index (χ4n) is 3.84. The van der Waals surface area contributed by atoms with Crippen LogP contribution in [0.5, 0.6) is 0 Å². The van der Waals surface area contributed by atoms with Crippen molar-refractivity contribution in [3.63, 3.8) is 0 Å². The summed E-state index contributed by atoms with van der Waals surface area (Å²) in [6, 6.07) is 22.0. The molecule has 0 N–H and O–H groups in total. The first-order chi connectivity index (χ1) is 15.4. The molecular formula is C27H24FNO2S. The van der Waals surface area contributed by atoms with E-state index in [1.54, 1.807) is 12.1 Å². The van der Waals surface area contributed by atoms with Crippen LogP contribution < -0.4 is 0 Å². The fourth-order valence-corrected chi connectivity index (χ4v) is 4.92. The smallest absolute Gasteiger partial charge is 0.268 e. The molecule has 32 heavy (non-hydrogen) atoms. The first-order valence-corrected chi connectivity index (χ1v) is 11.5. The van der Waals surface area contributed by atoms with Gasteiger partial charge in [0.1, 0.15) is 5.82 Å². The van der Waals surface area contributed by atoms with E-state index < -0.39 is 0 Å². The van der Waals surface area contributed by atoms with Crippen molar-refractivity contribution >= 4 is 29.1 Å². The molecule has 3 aromatic carbocycles. The van der Waals surface area contributed by atoms with Crippen molar-refractivity contribution in [1.82, 2.24) is 4.90 Å². The van der Waals surface area contributed by atoms with Crippen LogP contribution in [0, 0.1) is 19.7 Å². The summed E-state index contributed by atoms with van der Waals surface area (Å²) in [7, 11) is 0. The van der Waals surface area contributed by atoms with Crippen molar-refractivity contribution < 1.29 is 14.0 Å². The zero-order valence-electron chi connectivity index (χ0n) is 18.1. The quantitative estimate of drug-likeness (QED) is 0.438. The molecule has 0 saturated carbocycles. The number of thioether (sulfide) groups is 1. The second-order valence-corrected chi connectivity index (χ2v) is 8.92. The van der Waals surface area contributed by atoms with E-state index in [1.165, 1.54) is 28.8 Å². The molecular weight excluding hydrogens is 421 g/mol. The first kappa shape index (κ1) is 22.0. The number of carbonyl (C=O) groups is 2. The Morgan fingerprint density at radius 1 is 0.844 bits per heavy atom. The minimum Gasteiger partial charge on any atom is -0.274 e. The molecule has 0 fully saturated rings. The summed E-state index contributed by atoms with van der Waals surface area (Å²) in [4.78, 5) is 28.6. The Hall–Kier alpha value is -3.18. The van der Waals surface area contributed by atoms with Gasteiger partial charge in [-0.25, -0.2) is 4.39 Å². The van der Waals surface area contributed by atoms with Crippen LogP contribution in [0.25, 0.3) is 5.57 Å². The lowest BCUT2D eigenvalue weighted by atomic mass is 9.99. The predicted octanol–water partition coefficient (Wildman–Crippen LogP) is 5.70. The lowest BCUT2D eigenvalue weighted by Crippen LogP contribution is -2.33. The largest absolute Gasteiger partial charge is 0.274 e. The highest BCUT2D eigenvalue weighted by Gasteiger charge is 2.39. The lowest BCUT2D eigenvalue weighted by molar-refractivity contribution is -0.136. The van der Waals surface area contributed by atoms with Crippen LogP contribution in [0.4, 0.5) is 4.39 Å². The number of rotatable bonds is 7. The maximum atomic E-state index is 13.4. The summed E-state index contributed by atoms with van der Waals surface area (Å²) in [5, 5.41) is 0.